The van der Waals surface area contributed by atoms with Gasteiger partial charge in [0.15, 0.2) is 0 Å². The zero-order valence-electron chi connectivity index (χ0n) is 9.61. The maximum absolute atomic E-state index is 11.1. The molecule has 1 rings (SSSR count). The van der Waals surface area contributed by atoms with Crippen LogP contribution in [0.4, 0.5) is 0 Å². The van der Waals surface area contributed by atoms with Gasteiger partial charge in [0.25, 0.3) is 0 Å². The van der Waals surface area contributed by atoms with E-state index in [0.29, 0.717) is 11.6 Å². The summed E-state index contributed by atoms with van der Waals surface area (Å²) in [7, 11) is 0. The van der Waals surface area contributed by atoms with Gasteiger partial charge in [-0.3, -0.25) is 9.78 Å². The fourth-order valence-electron chi connectivity index (χ4n) is 1.26. The van der Waals surface area contributed by atoms with Crippen molar-refractivity contribution in [3.05, 3.63) is 29.6 Å². The second-order valence-corrected chi connectivity index (χ2v) is 4.56. The van der Waals surface area contributed by atoms with Gasteiger partial charge in [0.2, 0.25) is 0 Å². The summed E-state index contributed by atoms with van der Waals surface area (Å²) in [6.45, 7) is 7.49. The van der Waals surface area contributed by atoms with E-state index < -0.39 is 11.4 Å². The van der Waals surface area contributed by atoms with E-state index in [1.807, 2.05) is 12.1 Å². The van der Waals surface area contributed by atoms with Crippen LogP contribution in [0, 0.1) is 0 Å². The number of hydrogen-bond donors (Lipinski definition) is 1. The third kappa shape index (κ3) is 2.35. The van der Waals surface area contributed by atoms with Gasteiger partial charge in [-0.05, 0) is 37.5 Å². The summed E-state index contributed by atoms with van der Waals surface area (Å²) >= 11 is 0. The number of pyridine rings is 1. The molecular formula is C12H17NO2. The molecule has 0 spiro atoms. The molecule has 0 saturated carbocycles. The zero-order valence-corrected chi connectivity index (χ0v) is 9.61. The lowest BCUT2D eigenvalue weighted by Gasteiger charge is -2.19. The lowest BCUT2D eigenvalue weighted by Crippen LogP contribution is -2.29. The van der Waals surface area contributed by atoms with Crippen molar-refractivity contribution in [2.45, 2.75) is 39.0 Å². The third-order valence-corrected chi connectivity index (χ3v) is 2.63. The minimum Gasteiger partial charge on any atom is -0.481 e. The first-order valence-corrected chi connectivity index (χ1v) is 5.05. The van der Waals surface area contributed by atoms with Crippen LogP contribution in [0.25, 0.3) is 0 Å². The highest BCUT2D eigenvalue weighted by Gasteiger charge is 2.31. The van der Waals surface area contributed by atoms with Crippen molar-refractivity contribution in [3.8, 4) is 0 Å². The number of carboxylic acids is 1. The van der Waals surface area contributed by atoms with Gasteiger partial charge in [-0.15, -0.1) is 0 Å². The summed E-state index contributed by atoms with van der Waals surface area (Å²) in [6.07, 6.45) is 1.68. The van der Waals surface area contributed by atoms with Gasteiger partial charge >= 0.3 is 5.97 Å². The average Bonchev–Trinajstić information content (AvgIpc) is 2.17. The van der Waals surface area contributed by atoms with E-state index in [4.69, 9.17) is 5.11 Å². The highest BCUT2D eigenvalue weighted by atomic mass is 16.4. The Kier molecular flexibility index (Phi) is 3.12. The van der Waals surface area contributed by atoms with Crippen molar-refractivity contribution in [2.75, 3.05) is 0 Å². The minimum absolute atomic E-state index is 0.386. The molecule has 0 aliphatic heterocycles. The lowest BCUT2D eigenvalue weighted by molar-refractivity contribution is -0.142. The first-order valence-electron chi connectivity index (χ1n) is 5.05. The van der Waals surface area contributed by atoms with E-state index in [1.54, 1.807) is 20.0 Å². The van der Waals surface area contributed by atoms with Gasteiger partial charge < -0.3 is 5.11 Å². The van der Waals surface area contributed by atoms with Crippen molar-refractivity contribution in [1.29, 1.82) is 0 Å². The predicted molar refractivity (Wildman–Crippen MR) is 59.0 cm³/mol. The minimum atomic E-state index is -0.926. The Balaban J connectivity index is 3.16. The normalized spacial score (nSPS) is 11.8. The van der Waals surface area contributed by atoms with Crippen LogP contribution in [0.15, 0.2) is 18.3 Å². The van der Waals surface area contributed by atoms with Gasteiger partial charge in [0, 0.05) is 6.20 Å². The van der Waals surface area contributed by atoms with E-state index in [0.717, 1.165) is 5.56 Å². The van der Waals surface area contributed by atoms with Crippen LogP contribution in [0.1, 0.15) is 44.9 Å². The molecule has 0 radical (unpaired) electrons. The summed E-state index contributed by atoms with van der Waals surface area (Å²) in [5, 5.41) is 9.08. The van der Waals surface area contributed by atoms with Gasteiger partial charge in [-0.25, -0.2) is 0 Å². The monoisotopic (exact) mass is 207 g/mol. The first-order chi connectivity index (χ1) is 6.85. The Labute approximate surface area is 90.2 Å². The van der Waals surface area contributed by atoms with Crippen molar-refractivity contribution in [1.82, 2.24) is 4.98 Å². The fraction of sp³-hybridized carbons (Fsp3) is 0.500. The van der Waals surface area contributed by atoms with E-state index in [2.05, 4.69) is 18.8 Å². The molecule has 1 aromatic rings. The van der Waals surface area contributed by atoms with Crippen LogP contribution < -0.4 is 0 Å². The Hall–Kier alpha value is -1.38. The Bertz CT molecular complexity index is 370. The first kappa shape index (κ1) is 11.7. The molecule has 15 heavy (non-hydrogen) atoms. The Morgan fingerprint density at radius 1 is 1.47 bits per heavy atom. The highest BCUT2D eigenvalue weighted by Crippen LogP contribution is 2.24. The van der Waals surface area contributed by atoms with Gasteiger partial charge in [0.1, 0.15) is 5.41 Å². The van der Waals surface area contributed by atoms with Crippen LogP contribution in [0.3, 0.4) is 0 Å². The zero-order chi connectivity index (χ0) is 11.6. The van der Waals surface area contributed by atoms with Crippen LogP contribution >= 0.6 is 0 Å². The van der Waals surface area contributed by atoms with Crippen LogP contribution in [-0.2, 0) is 10.2 Å². The largest absolute Gasteiger partial charge is 0.481 e. The maximum Gasteiger partial charge on any atom is 0.315 e. The molecule has 0 aliphatic carbocycles. The second-order valence-electron chi connectivity index (χ2n) is 4.56. The average molecular weight is 207 g/mol. The van der Waals surface area contributed by atoms with E-state index in [-0.39, 0.29) is 0 Å². The van der Waals surface area contributed by atoms with Crippen LogP contribution in [0.5, 0.6) is 0 Å². The van der Waals surface area contributed by atoms with Crippen LogP contribution in [0.2, 0.25) is 0 Å². The summed E-state index contributed by atoms with van der Waals surface area (Å²) < 4.78 is 0. The summed E-state index contributed by atoms with van der Waals surface area (Å²) in [6, 6.07) is 3.80. The van der Waals surface area contributed by atoms with Crippen molar-refractivity contribution in [2.24, 2.45) is 0 Å². The standard InChI is InChI=1S/C12H17NO2/c1-8(2)9-5-6-13-10(7-9)12(3,4)11(14)15/h5-8H,1-4H3,(H,14,15). The van der Waals surface area contributed by atoms with Crippen LogP contribution in [-0.4, -0.2) is 16.1 Å². The van der Waals surface area contributed by atoms with E-state index in [1.165, 1.54) is 0 Å². The molecule has 0 unspecified atom stereocenters. The molecule has 1 aromatic heterocycles. The molecular weight excluding hydrogens is 190 g/mol. The van der Waals surface area contributed by atoms with Gasteiger partial charge in [-0.1, -0.05) is 13.8 Å². The molecule has 3 heteroatoms. The summed E-state index contributed by atoms with van der Waals surface area (Å²) in [5.74, 6) is -0.466. The molecule has 0 saturated heterocycles. The molecule has 82 valence electrons. The molecule has 3 nitrogen and oxygen atoms in total. The predicted octanol–water partition coefficient (Wildman–Crippen LogP) is 2.57. The molecule has 0 fully saturated rings. The molecule has 0 atom stereocenters. The third-order valence-electron chi connectivity index (χ3n) is 2.63. The number of aliphatic carboxylic acids is 1. The lowest BCUT2D eigenvalue weighted by atomic mass is 9.87. The number of nitrogens with zero attached hydrogens (tertiary/aromatic N) is 1. The number of aromatic nitrogens is 1. The smallest absolute Gasteiger partial charge is 0.315 e. The quantitative estimate of drug-likeness (QED) is 0.828. The van der Waals surface area contributed by atoms with Crippen molar-refractivity contribution in [3.63, 3.8) is 0 Å². The molecule has 0 amide bonds. The Morgan fingerprint density at radius 3 is 2.53 bits per heavy atom. The number of carboxylic acid groups (broad SMARTS) is 1. The molecule has 0 bridgehead atoms. The fourth-order valence-corrected chi connectivity index (χ4v) is 1.26. The van der Waals surface area contributed by atoms with Crippen molar-refractivity contribution < 1.29 is 9.90 Å². The van der Waals surface area contributed by atoms with Crippen molar-refractivity contribution >= 4 is 5.97 Å². The molecule has 0 aromatic carbocycles. The molecule has 0 aliphatic rings. The number of rotatable bonds is 3. The summed E-state index contributed by atoms with van der Waals surface area (Å²) in [5.41, 5.74) is 0.806. The summed E-state index contributed by atoms with van der Waals surface area (Å²) in [4.78, 5) is 15.2. The van der Waals surface area contributed by atoms with E-state index >= 15 is 0 Å². The Morgan fingerprint density at radius 2 is 2.07 bits per heavy atom. The highest BCUT2D eigenvalue weighted by molar-refractivity contribution is 5.79. The van der Waals surface area contributed by atoms with Gasteiger partial charge in [0.05, 0.1) is 5.69 Å². The maximum atomic E-state index is 11.1. The molecule has 1 N–H and O–H groups in total. The van der Waals surface area contributed by atoms with E-state index in [9.17, 15) is 4.79 Å². The SMILES string of the molecule is CC(C)c1ccnc(C(C)(C)C(=O)O)c1. The number of carbonyl (C=O) groups is 1. The van der Waals surface area contributed by atoms with Gasteiger partial charge in [-0.2, -0.15) is 0 Å². The second kappa shape index (κ2) is 4.01. The molecule has 1 heterocycles. The number of hydrogen-bond acceptors (Lipinski definition) is 2. The topological polar surface area (TPSA) is 50.2 Å².